The molecule has 0 aromatic heterocycles. The molecule has 3 amide bonds. The number of hydrogen-bond donors (Lipinski definition) is 3. The van der Waals surface area contributed by atoms with Crippen molar-refractivity contribution in [2.24, 2.45) is 0 Å². The third-order valence-electron chi connectivity index (χ3n) is 4.00. The van der Waals surface area contributed by atoms with Crippen LogP contribution in [0.1, 0.15) is 27.6 Å². The average molecular weight is 381 g/mol. The molecule has 1 heterocycles. The number of benzene rings is 2. The van der Waals surface area contributed by atoms with Crippen molar-refractivity contribution in [2.75, 3.05) is 17.2 Å². The van der Waals surface area contributed by atoms with Crippen LogP contribution in [-0.4, -0.2) is 29.5 Å². The van der Waals surface area contributed by atoms with Gasteiger partial charge in [-0.05, 0) is 37.3 Å². The maximum atomic E-state index is 12.7. The molecule has 3 rings (SSSR count). The molecule has 0 bridgehead atoms. The predicted octanol–water partition coefficient (Wildman–Crippen LogP) is 3.29. The van der Waals surface area contributed by atoms with E-state index in [2.05, 4.69) is 22.5 Å². The molecule has 0 unspecified atom stereocenters. The van der Waals surface area contributed by atoms with Crippen LogP contribution in [0.15, 0.2) is 60.0 Å². The van der Waals surface area contributed by atoms with E-state index in [1.165, 1.54) is 11.8 Å². The lowest BCUT2D eigenvalue weighted by Gasteiger charge is -2.21. The highest BCUT2D eigenvalue weighted by Crippen LogP contribution is 2.36. The molecule has 7 heteroatoms. The molecule has 2 aromatic carbocycles. The minimum absolute atomic E-state index is 0.0886. The van der Waals surface area contributed by atoms with Crippen molar-refractivity contribution >= 4 is 40.9 Å². The number of fused-ring (bicyclic) bond motifs is 1. The lowest BCUT2D eigenvalue weighted by molar-refractivity contribution is -0.115. The number of rotatable bonds is 5. The highest BCUT2D eigenvalue weighted by atomic mass is 32.2. The Kier molecular flexibility index (Phi) is 5.61. The predicted molar refractivity (Wildman–Crippen MR) is 107 cm³/mol. The van der Waals surface area contributed by atoms with Crippen LogP contribution in [0.4, 0.5) is 11.4 Å². The van der Waals surface area contributed by atoms with Gasteiger partial charge in [0.25, 0.3) is 11.8 Å². The van der Waals surface area contributed by atoms with Crippen molar-refractivity contribution in [2.45, 2.75) is 17.1 Å². The molecule has 138 valence electrons. The van der Waals surface area contributed by atoms with Crippen LogP contribution < -0.4 is 16.0 Å². The fraction of sp³-hybridized carbons (Fsp3) is 0.150. The summed E-state index contributed by atoms with van der Waals surface area (Å²) in [6.07, 6.45) is 1.58. The molecule has 27 heavy (non-hydrogen) atoms. The van der Waals surface area contributed by atoms with Crippen LogP contribution in [0.2, 0.25) is 0 Å². The molecule has 1 atom stereocenters. The minimum Gasteiger partial charge on any atom is -0.349 e. The van der Waals surface area contributed by atoms with Crippen LogP contribution in [0.3, 0.4) is 0 Å². The van der Waals surface area contributed by atoms with Crippen molar-refractivity contribution in [3.8, 4) is 0 Å². The minimum atomic E-state index is -0.361. The Morgan fingerprint density at radius 1 is 1.22 bits per heavy atom. The van der Waals surface area contributed by atoms with E-state index in [0.29, 0.717) is 29.0 Å². The molecular weight excluding hydrogens is 362 g/mol. The van der Waals surface area contributed by atoms with E-state index < -0.39 is 0 Å². The second-order valence-electron chi connectivity index (χ2n) is 5.96. The zero-order valence-corrected chi connectivity index (χ0v) is 15.6. The fourth-order valence-electron chi connectivity index (χ4n) is 2.59. The maximum Gasteiger partial charge on any atom is 0.255 e. The van der Waals surface area contributed by atoms with E-state index in [0.717, 1.165) is 4.90 Å². The highest BCUT2D eigenvalue weighted by molar-refractivity contribution is 8.00. The van der Waals surface area contributed by atoms with Gasteiger partial charge in [0.15, 0.2) is 0 Å². The molecule has 0 fully saturated rings. The van der Waals surface area contributed by atoms with Gasteiger partial charge in [-0.3, -0.25) is 14.4 Å². The fourth-order valence-corrected chi connectivity index (χ4v) is 3.53. The van der Waals surface area contributed by atoms with Gasteiger partial charge in [0.05, 0.1) is 22.2 Å². The first kappa shape index (κ1) is 18.7. The van der Waals surface area contributed by atoms with Gasteiger partial charge in [-0.25, -0.2) is 0 Å². The molecule has 0 spiro atoms. The molecule has 0 saturated heterocycles. The number of para-hydroxylation sites is 1. The second kappa shape index (κ2) is 8.09. The Morgan fingerprint density at radius 2 is 2.00 bits per heavy atom. The molecule has 1 aliphatic heterocycles. The third-order valence-corrected chi connectivity index (χ3v) is 5.18. The van der Waals surface area contributed by atoms with Crippen LogP contribution in [0.25, 0.3) is 0 Å². The number of anilines is 2. The van der Waals surface area contributed by atoms with Crippen molar-refractivity contribution in [3.63, 3.8) is 0 Å². The van der Waals surface area contributed by atoms with Gasteiger partial charge in [0, 0.05) is 17.0 Å². The van der Waals surface area contributed by atoms with E-state index in [-0.39, 0.29) is 23.0 Å². The van der Waals surface area contributed by atoms with Gasteiger partial charge in [-0.15, -0.1) is 18.3 Å². The van der Waals surface area contributed by atoms with Crippen LogP contribution >= 0.6 is 11.8 Å². The van der Waals surface area contributed by atoms with Crippen molar-refractivity contribution in [3.05, 3.63) is 66.2 Å². The smallest absolute Gasteiger partial charge is 0.255 e. The van der Waals surface area contributed by atoms with Gasteiger partial charge >= 0.3 is 0 Å². The Labute approximate surface area is 161 Å². The summed E-state index contributed by atoms with van der Waals surface area (Å²) in [7, 11) is 0. The van der Waals surface area contributed by atoms with Gasteiger partial charge in [-0.1, -0.05) is 18.2 Å². The zero-order valence-electron chi connectivity index (χ0n) is 14.7. The lowest BCUT2D eigenvalue weighted by atomic mass is 10.1. The quantitative estimate of drug-likeness (QED) is 0.694. The van der Waals surface area contributed by atoms with E-state index in [4.69, 9.17) is 0 Å². The van der Waals surface area contributed by atoms with Crippen LogP contribution in [0.5, 0.6) is 0 Å². The number of carbonyl (C=O) groups excluding carboxylic acids is 3. The Morgan fingerprint density at radius 3 is 2.78 bits per heavy atom. The first-order valence-corrected chi connectivity index (χ1v) is 9.28. The second-order valence-corrected chi connectivity index (χ2v) is 7.34. The van der Waals surface area contributed by atoms with Gasteiger partial charge in [0.2, 0.25) is 5.91 Å². The first-order valence-electron chi connectivity index (χ1n) is 8.40. The topological polar surface area (TPSA) is 87.3 Å². The molecule has 1 aliphatic rings. The molecular formula is C20H19N3O3S. The highest BCUT2D eigenvalue weighted by Gasteiger charge is 2.24. The van der Waals surface area contributed by atoms with Gasteiger partial charge in [0.1, 0.15) is 0 Å². The number of thioether (sulfide) groups is 1. The van der Waals surface area contributed by atoms with Crippen molar-refractivity contribution in [1.29, 1.82) is 0 Å². The zero-order chi connectivity index (χ0) is 19.4. The van der Waals surface area contributed by atoms with Crippen LogP contribution in [-0.2, 0) is 4.79 Å². The largest absolute Gasteiger partial charge is 0.349 e. The summed E-state index contributed by atoms with van der Waals surface area (Å²) in [5.74, 6) is -0.747. The van der Waals surface area contributed by atoms with E-state index in [1.807, 2.05) is 13.0 Å². The number of amides is 3. The van der Waals surface area contributed by atoms with Gasteiger partial charge in [-0.2, -0.15) is 0 Å². The molecule has 2 aromatic rings. The van der Waals surface area contributed by atoms with Crippen LogP contribution in [0, 0.1) is 0 Å². The summed E-state index contributed by atoms with van der Waals surface area (Å²) in [5.41, 5.74) is 1.79. The number of hydrogen-bond acceptors (Lipinski definition) is 4. The summed E-state index contributed by atoms with van der Waals surface area (Å²) in [5, 5.41) is 8.10. The van der Waals surface area contributed by atoms with E-state index in [1.54, 1.807) is 42.5 Å². The van der Waals surface area contributed by atoms with E-state index >= 15 is 0 Å². The summed E-state index contributed by atoms with van der Waals surface area (Å²) in [6.45, 7) is 5.73. The molecule has 6 nitrogen and oxygen atoms in total. The average Bonchev–Trinajstić information content (AvgIpc) is 2.67. The number of nitrogens with one attached hydrogen (secondary N) is 3. The maximum absolute atomic E-state index is 12.7. The summed E-state index contributed by atoms with van der Waals surface area (Å²) in [4.78, 5) is 37.7. The standard InChI is InChI=1S/C20H19N3O3S/c1-3-10-21-20(26)14-6-4-5-7-15(14)22-19(25)13-8-9-17-16(11-13)23-18(24)12(2)27-17/h3-9,11-12H,1,10H2,2H3,(H,21,26)(H,22,25)(H,23,24)/t12-/m0/s1. The summed E-state index contributed by atoms with van der Waals surface area (Å²) in [6, 6.07) is 11.9. The Hall–Kier alpha value is -3.06. The molecule has 3 N–H and O–H groups in total. The Bertz CT molecular complexity index is 926. The Balaban J connectivity index is 1.81. The van der Waals surface area contributed by atoms with Gasteiger partial charge < -0.3 is 16.0 Å². The molecule has 0 saturated carbocycles. The molecule has 0 radical (unpaired) electrons. The van der Waals surface area contributed by atoms with E-state index in [9.17, 15) is 14.4 Å². The number of carbonyl (C=O) groups is 3. The lowest BCUT2D eigenvalue weighted by Crippen LogP contribution is -2.27. The summed E-state index contributed by atoms with van der Waals surface area (Å²) >= 11 is 1.45. The monoisotopic (exact) mass is 381 g/mol. The SMILES string of the molecule is C=CCNC(=O)c1ccccc1NC(=O)c1ccc2c(c1)NC(=O)[C@H](C)S2. The molecule has 0 aliphatic carbocycles. The van der Waals surface area contributed by atoms with Crippen molar-refractivity contribution in [1.82, 2.24) is 5.32 Å². The normalized spacial score (nSPS) is 15.3. The van der Waals surface area contributed by atoms with Crippen molar-refractivity contribution < 1.29 is 14.4 Å². The third kappa shape index (κ3) is 4.20. The first-order chi connectivity index (χ1) is 13.0. The summed E-state index contributed by atoms with van der Waals surface area (Å²) < 4.78 is 0.